The second-order valence-corrected chi connectivity index (χ2v) is 3.92. The lowest BCUT2D eigenvalue weighted by Crippen LogP contribution is -2.33. The molecule has 3 heteroatoms. The zero-order valence-electron chi connectivity index (χ0n) is 8.86. The largest absolute Gasteiger partial charge is 0.307 e. The number of hydrogen-bond acceptors (Lipinski definition) is 3. The molecule has 0 aliphatic rings. The summed E-state index contributed by atoms with van der Waals surface area (Å²) in [6.45, 7) is 2.66. The Balaban J connectivity index is 2.98. The van der Waals surface area contributed by atoms with Gasteiger partial charge in [-0.15, -0.1) is 0 Å². The molecule has 1 heterocycles. The Morgan fingerprint density at radius 1 is 1.43 bits per heavy atom. The normalized spacial score (nSPS) is 14.8. The molecule has 0 saturated carbocycles. The lowest BCUT2D eigenvalue weighted by atomic mass is 9.84. The first kappa shape index (κ1) is 10.7. The van der Waals surface area contributed by atoms with Gasteiger partial charge in [-0.2, -0.15) is 5.26 Å². The Morgan fingerprint density at radius 3 is 2.43 bits per heavy atom. The highest BCUT2D eigenvalue weighted by Crippen LogP contribution is 2.22. The highest BCUT2D eigenvalue weighted by Gasteiger charge is 2.26. The van der Waals surface area contributed by atoms with Gasteiger partial charge < -0.3 is 4.90 Å². The number of nitrogens with zero attached hydrogens (tertiary/aromatic N) is 3. The molecule has 0 N–H and O–H groups in total. The van der Waals surface area contributed by atoms with Crippen LogP contribution in [0.4, 0.5) is 0 Å². The zero-order valence-corrected chi connectivity index (χ0v) is 8.86. The summed E-state index contributed by atoms with van der Waals surface area (Å²) in [4.78, 5) is 5.97. The van der Waals surface area contributed by atoms with Gasteiger partial charge in [0.05, 0.1) is 11.5 Å². The maximum Gasteiger partial charge on any atom is 0.0921 e. The van der Waals surface area contributed by atoms with Crippen LogP contribution in [-0.2, 0) is 5.41 Å². The third-order valence-electron chi connectivity index (χ3n) is 2.20. The lowest BCUT2D eigenvalue weighted by molar-refractivity contribution is 0.343. The zero-order chi connectivity index (χ0) is 10.6. The highest BCUT2D eigenvalue weighted by atomic mass is 15.1. The van der Waals surface area contributed by atoms with Crippen molar-refractivity contribution in [2.45, 2.75) is 12.3 Å². The Labute approximate surface area is 85.0 Å². The average Bonchev–Trinajstić information content (AvgIpc) is 2.18. The molecule has 1 aromatic rings. The quantitative estimate of drug-likeness (QED) is 0.722. The first-order chi connectivity index (χ1) is 6.58. The lowest BCUT2D eigenvalue weighted by Gasteiger charge is -2.25. The van der Waals surface area contributed by atoms with E-state index in [1.807, 2.05) is 38.1 Å². The summed E-state index contributed by atoms with van der Waals surface area (Å²) in [5.41, 5.74) is 0.565. The predicted molar refractivity (Wildman–Crippen MR) is 55.8 cm³/mol. The number of rotatable bonds is 3. The monoisotopic (exact) mass is 189 g/mol. The SMILES string of the molecule is CN(C)CC(C)(C#N)c1ccncc1. The molecular weight excluding hydrogens is 174 g/mol. The highest BCUT2D eigenvalue weighted by molar-refractivity contribution is 5.29. The summed E-state index contributed by atoms with van der Waals surface area (Å²) in [6, 6.07) is 6.15. The van der Waals surface area contributed by atoms with Crippen molar-refractivity contribution in [1.29, 1.82) is 5.26 Å². The van der Waals surface area contributed by atoms with Crippen molar-refractivity contribution in [3.05, 3.63) is 30.1 Å². The number of nitriles is 1. The van der Waals surface area contributed by atoms with Crippen LogP contribution in [0.2, 0.25) is 0 Å². The Morgan fingerprint density at radius 2 is 2.00 bits per heavy atom. The van der Waals surface area contributed by atoms with Crippen molar-refractivity contribution in [2.24, 2.45) is 0 Å². The standard InChI is InChI=1S/C11H15N3/c1-11(8-12,9-14(2)3)10-4-6-13-7-5-10/h4-7H,9H2,1-3H3. The van der Waals surface area contributed by atoms with Gasteiger partial charge in [0.2, 0.25) is 0 Å². The molecule has 1 rings (SSSR count). The van der Waals surface area contributed by atoms with Gasteiger partial charge in [-0.3, -0.25) is 4.98 Å². The van der Waals surface area contributed by atoms with E-state index in [0.29, 0.717) is 6.54 Å². The number of likely N-dealkylation sites (N-methyl/N-ethyl adjacent to an activating group) is 1. The fourth-order valence-electron chi connectivity index (χ4n) is 1.54. The van der Waals surface area contributed by atoms with Gasteiger partial charge >= 0.3 is 0 Å². The second kappa shape index (κ2) is 4.21. The van der Waals surface area contributed by atoms with Crippen LogP contribution in [0, 0.1) is 11.3 Å². The van der Waals surface area contributed by atoms with E-state index in [2.05, 4.69) is 11.1 Å². The molecule has 74 valence electrons. The molecule has 0 bridgehead atoms. The molecule has 0 spiro atoms. The van der Waals surface area contributed by atoms with Crippen LogP contribution in [0.5, 0.6) is 0 Å². The van der Waals surface area contributed by atoms with Gasteiger partial charge in [0.15, 0.2) is 0 Å². The van der Waals surface area contributed by atoms with Crippen LogP contribution < -0.4 is 0 Å². The molecule has 3 nitrogen and oxygen atoms in total. The first-order valence-corrected chi connectivity index (χ1v) is 4.55. The molecule has 0 amide bonds. The molecule has 1 unspecified atom stereocenters. The Hall–Kier alpha value is -1.40. The molecule has 0 fully saturated rings. The van der Waals surface area contributed by atoms with Gasteiger partial charge in [0.1, 0.15) is 0 Å². The molecule has 0 radical (unpaired) electrons. The summed E-state index contributed by atoms with van der Waals surface area (Å²) in [6.07, 6.45) is 3.45. The minimum Gasteiger partial charge on any atom is -0.307 e. The summed E-state index contributed by atoms with van der Waals surface area (Å²) < 4.78 is 0. The van der Waals surface area contributed by atoms with E-state index < -0.39 is 5.41 Å². The molecular formula is C11H15N3. The smallest absolute Gasteiger partial charge is 0.0921 e. The maximum absolute atomic E-state index is 9.19. The van der Waals surface area contributed by atoms with E-state index in [9.17, 15) is 5.26 Å². The van der Waals surface area contributed by atoms with Gasteiger partial charge in [0, 0.05) is 18.9 Å². The van der Waals surface area contributed by atoms with Crippen LogP contribution in [0.25, 0.3) is 0 Å². The summed E-state index contributed by atoms with van der Waals surface area (Å²) in [5.74, 6) is 0. The first-order valence-electron chi connectivity index (χ1n) is 4.55. The van der Waals surface area contributed by atoms with Crippen LogP contribution in [-0.4, -0.2) is 30.5 Å². The number of aromatic nitrogens is 1. The minimum absolute atomic E-state index is 0.452. The summed E-state index contributed by atoms with van der Waals surface area (Å²) in [7, 11) is 3.94. The van der Waals surface area contributed by atoms with Crippen molar-refractivity contribution < 1.29 is 0 Å². The van der Waals surface area contributed by atoms with Crippen LogP contribution in [0.15, 0.2) is 24.5 Å². The maximum atomic E-state index is 9.19. The van der Waals surface area contributed by atoms with E-state index >= 15 is 0 Å². The average molecular weight is 189 g/mol. The third kappa shape index (κ3) is 2.30. The van der Waals surface area contributed by atoms with E-state index in [1.54, 1.807) is 12.4 Å². The topological polar surface area (TPSA) is 39.9 Å². The van der Waals surface area contributed by atoms with Crippen LogP contribution in [0.3, 0.4) is 0 Å². The molecule has 0 aliphatic carbocycles. The second-order valence-electron chi connectivity index (χ2n) is 3.92. The number of hydrogen-bond donors (Lipinski definition) is 0. The molecule has 0 aromatic carbocycles. The van der Waals surface area contributed by atoms with Gasteiger partial charge in [-0.25, -0.2) is 0 Å². The van der Waals surface area contributed by atoms with Crippen molar-refractivity contribution in [1.82, 2.24) is 9.88 Å². The van der Waals surface area contributed by atoms with Crippen molar-refractivity contribution in [3.63, 3.8) is 0 Å². The molecule has 14 heavy (non-hydrogen) atoms. The van der Waals surface area contributed by atoms with Crippen molar-refractivity contribution in [2.75, 3.05) is 20.6 Å². The number of pyridine rings is 1. The molecule has 1 atom stereocenters. The van der Waals surface area contributed by atoms with Gasteiger partial charge in [-0.1, -0.05) is 0 Å². The molecule has 1 aromatic heterocycles. The molecule has 0 aliphatic heterocycles. The van der Waals surface area contributed by atoms with E-state index in [4.69, 9.17) is 0 Å². The summed E-state index contributed by atoms with van der Waals surface area (Å²) >= 11 is 0. The van der Waals surface area contributed by atoms with Gasteiger partial charge in [-0.05, 0) is 38.7 Å². The van der Waals surface area contributed by atoms with Gasteiger partial charge in [0.25, 0.3) is 0 Å². The Bertz CT molecular complexity index is 326. The van der Waals surface area contributed by atoms with E-state index in [-0.39, 0.29) is 0 Å². The fraction of sp³-hybridized carbons (Fsp3) is 0.455. The molecule has 0 saturated heterocycles. The Kier molecular flexibility index (Phi) is 3.21. The van der Waals surface area contributed by atoms with Crippen molar-refractivity contribution >= 4 is 0 Å². The van der Waals surface area contributed by atoms with Crippen LogP contribution in [0.1, 0.15) is 12.5 Å². The summed E-state index contributed by atoms with van der Waals surface area (Å²) in [5, 5.41) is 9.19. The third-order valence-corrected chi connectivity index (χ3v) is 2.20. The minimum atomic E-state index is -0.452. The van der Waals surface area contributed by atoms with Crippen molar-refractivity contribution in [3.8, 4) is 6.07 Å². The van der Waals surface area contributed by atoms with Crippen LogP contribution >= 0.6 is 0 Å². The predicted octanol–water partition coefficient (Wildman–Crippen LogP) is 1.42. The fourth-order valence-corrected chi connectivity index (χ4v) is 1.54. The van der Waals surface area contributed by atoms with E-state index in [0.717, 1.165) is 5.56 Å². The van der Waals surface area contributed by atoms with E-state index in [1.165, 1.54) is 0 Å².